The summed E-state index contributed by atoms with van der Waals surface area (Å²) in [6.45, 7) is 0. The Bertz CT molecular complexity index is 733. The first-order valence-corrected chi connectivity index (χ1v) is 7.65. The molecular weight excluding hydrogens is 386 g/mol. The molecule has 126 valence electrons. The highest BCUT2D eigenvalue weighted by atomic mass is 79.9. The fraction of sp³-hybridized carbons (Fsp3) is 0.125. The van der Waals surface area contributed by atoms with Gasteiger partial charge in [0.15, 0.2) is 11.6 Å². The Morgan fingerprint density at radius 1 is 1.12 bits per heavy atom. The highest BCUT2D eigenvalue weighted by Gasteiger charge is 2.22. The number of anilines is 1. The Morgan fingerprint density at radius 2 is 1.71 bits per heavy atom. The van der Waals surface area contributed by atoms with Crippen molar-refractivity contribution in [2.45, 2.75) is 12.5 Å². The third-order valence-electron chi connectivity index (χ3n) is 3.13. The molecule has 0 fully saturated rings. The van der Waals surface area contributed by atoms with E-state index >= 15 is 0 Å². The van der Waals surface area contributed by atoms with Crippen LogP contribution in [0.15, 0.2) is 46.9 Å². The van der Waals surface area contributed by atoms with E-state index in [0.29, 0.717) is 5.56 Å². The van der Waals surface area contributed by atoms with Crippen LogP contribution >= 0.6 is 15.9 Å². The molecule has 0 aliphatic heterocycles. The zero-order chi connectivity index (χ0) is 17.7. The Morgan fingerprint density at radius 3 is 2.25 bits per heavy atom. The average Bonchev–Trinajstić information content (AvgIpc) is 2.51. The quantitative estimate of drug-likeness (QED) is 0.720. The molecule has 1 atom stereocenters. The van der Waals surface area contributed by atoms with Gasteiger partial charge in [0.25, 0.3) is 0 Å². The molecule has 24 heavy (non-hydrogen) atoms. The number of hydrogen-bond donors (Lipinski definition) is 3. The van der Waals surface area contributed by atoms with Crippen LogP contribution in [-0.2, 0) is 11.2 Å². The summed E-state index contributed by atoms with van der Waals surface area (Å²) in [6.07, 6.45) is 0.0366. The maximum absolute atomic E-state index is 13.7. The first-order chi connectivity index (χ1) is 11.4. The third kappa shape index (κ3) is 4.76. The molecule has 0 radical (unpaired) electrons. The SMILES string of the molecule is O=C(Nc1c(F)cc(Br)cc1F)NC(Cc1ccccc1)C(=O)O. The van der Waals surface area contributed by atoms with E-state index in [1.54, 1.807) is 30.3 Å². The number of carbonyl (C=O) groups excluding carboxylic acids is 1. The molecule has 2 aromatic carbocycles. The van der Waals surface area contributed by atoms with Gasteiger partial charge in [-0.2, -0.15) is 0 Å². The van der Waals surface area contributed by atoms with E-state index in [1.165, 1.54) is 0 Å². The van der Waals surface area contributed by atoms with E-state index in [1.807, 2.05) is 5.32 Å². The molecular formula is C16H13BrF2N2O3. The lowest BCUT2D eigenvalue weighted by atomic mass is 10.1. The van der Waals surface area contributed by atoms with Gasteiger partial charge in [0, 0.05) is 10.9 Å². The molecule has 0 saturated carbocycles. The molecule has 0 heterocycles. The van der Waals surface area contributed by atoms with Crippen LogP contribution in [-0.4, -0.2) is 23.1 Å². The highest BCUT2D eigenvalue weighted by molar-refractivity contribution is 9.10. The van der Waals surface area contributed by atoms with E-state index in [2.05, 4.69) is 21.2 Å². The van der Waals surface area contributed by atoms with Gasteiger partial charge in [0.1, 0.15) is 11.7 Å². The number of benzene rings is 2. The summed E-state index contributed by atoms with van der Waals surface area (Å²) in [5.74, 6) is -3.22. The summed E-state index contributed by atoms with van der Waals surface area (Å²) in [5, 5.41) is 13.4. The van der Waals surface area contributed by atoms with Crippen molar-refractivity contribution < 1.29 is 23.5 Å². The number of aliphatic carboxylic acids is 1. The van der Waals surface area contributed by atoms with Gasteiger partial charge in [-0.15, -0.1) is 0 Å². The fourth-order valence-corrected chi connectivity index (χ4v) is 2.42. The lowest BCUT2D eigenvalue weighted by molar-refractivity contribution is -0.139. The predicted molar refractivity (Wildman–Crippen MR) is 87.8 cm³/mol. The molecule has 1 unspecified atom stereocenters. The standard InChI is InChI=1S/C16H13BrF2N2O3/c17-10-7-11(18)14(12(19)8-10)21-16(24)20-13(15(22)23)6-9-4-2-1-3-5-9/h1-5,7-8,13H,6H2,(H,22,23)(H2,20,21,24). The van der Waals surface area contributed by atoms with Gasteiger partial charge >= 0.3 is 12.0 Å². The van der Waals surface area contributed by atoms with Crippen LogP contribution in [0.25, 0.3) is 0 Å². The van der Waals surface area contributed by atoms with Gasteiger partial charge in [-0.25, -0.2) is 18.4 Å². The highest BCUT2D eigenvalue weighted by Crippen LogP contribution is 2.23. The van der Waals surface area contributed by atoms with Crippen LogP contribution in [0.2, 0.25) is 0 Å². The van der Waals surface area contributed by atoms with Crippen molar-refractivity contribution in [3.05, 3.63) is 64.1 Å². The topological polar surface area (TPSA) is 78.4 Å². The second kappa shape index (κ2) is 7.87. The van der Waals surface area contributed by atoms with E-state index in [4.69, 9.17) is 0 Å². The first-order valence-electron chi connectivity index (χ1n) is 6.85. The normalized spacial score (nSPS) is 11.6. The van der Waals surface area contributed by atoms with Crippen LogP contribution in [0.3, 0.4) is 0 Å². The second-order valence-electron chi connectivity index (χ2n) is 4.92. The molecule has 3 N–H and O–H groups in total. The molecule has 2 aromatic rings. The maximum Gasteiger partial charge on any atom is 0.326 e. The second-order valence-corrected chi connectivity index (χ2v) is 5.84. The van der Waals surface area contributed by atoms with E-state index in [0.717, 1.165) is 12.1 Å². The van der Waals surface area contributed by atoms with Crippen LogP contribution in [0.4, 0.5) is 19.3 Å². The molecule has 0 spiro atoms. The van der Waals surface area contributed by atoms with E-state index in [9.17, 15) is 23.5 Å². The lowest BCUT2D eigenvalue weighted by Crippen LogP contribution is -2.44. The summed E-state index contributed by atoms with van der Waals surface area (Å²) in [6, 6.07) is 8.38. The summed E-state index contributed by atoms with van der Waals surface area (Å²) in [5.41, 5.74) is 0.0470. The number of urea groups is 1. The van der Waals surface area contributed by atoms with E-state index < -0.39 is 35.4 Å². The van der Waals surface area contributed by atoms with Crippen LogP contribution < -0.4 is 10.6 Å². The van der Waals surface area contributed by atoms with Crippen molar-refractivity contribution in [3.8, 4) is 0 Å². The maximum atomic E-state index is 13.7. The predicted octanol–water partition coefficient (Wildman–Crippen LogP) is 3.54. The van der Waals surface area contributed by atoms with Crippen LogP contribution in [0.1, 0.15) is 5.56 Å². The number of hydrogen-bond acceptors (Lipinski definition) is 2. The molecule has 0 aromatic heterocycles. The summed E-state index contributed by atoms with van der Waals surface area (Å²) < 4.78 is 27.5. The van der Waals surface area contributed by atoms with Crippen molar-refractivity contribution in [3.63, 3.8) is 0 Å². The number of carboxylic acid groups (broad SMARTS) is 1. The molecule has 0 aliphatic rings. The first kappa shape index (κ1) is 17.9. The molecule has 0 saturated heterocycles. The molecule has 5 nitrogen and oxygen atoms in total. The van der Waals surface area contributed by atoms with Gasteiger partial charge < -0.3 is 15.7 Å². The zero-order valence-electron chi connectivity index (χ0n) is 12.2. The van der Waals surface area contributed by atoms with Gasteiger partial charge in [-0.1, -0.05) is 46.3 Å². The van der Waals surface area contributed by atoms with Crippen molar-refractivity contribution in [1.82, 2.24) is 5.32 Å². The molecule has 2 rings (SSSR count). The summed E-state index contributed by atoms with van der Waals surface area (Å²) in [4.78, 5) is 23.1. The number of halogens is 3. The van der Waals surface area contributed by atoms with E-state index in [-0.39, 0.29) is 10.9 Å². The van der Waals surface area contributed by atoms with Crippen molar-refractivity contribution >= 4 is 33.6 Å². The van der Waals surface area contributed by atoms with Gasteiger partial charge in [0.05, 0.1) is 0 Å². The number of carbonyl (C=O) groups is 2. The van der Waals surface area contributed by atoms with Crippen molar-refractivity contribution in [1.29, 1.82) is 0 Å². The number of amides is 2. The minimum atomic E-state index is -1.26. The molecule has 2 amide bonds. The molecule has 8 heteroatoms. The monoisotopic (exact) mass is 398 g/mol. The Hall–Kier alpha value is -2.48. The largest absolute Gasteiger partial charge is 0.480 e. The average molecular weight is 399 g/mol. The molecule has 0 aliphatic carbocycles. The van der Waals surface area contributed by atoms with Gasteiger partial charge in [-0.3, -0.25) is 0 Å². The van der Waals surface area contributed by atoms with Crippen LogP contribution in [0.5, 0.6) is 0 Å². The Balaban J connectivity index is 2.07. The summed E-state index contributed by atoms with van der Waals surface area (Å²) in [7, 11) is 0. The summed E-state index contributed by atoms with van der Waals surface area (Å²) >= 11 is 2.92. The Labute approximate surface area is 144 Å². The molecule has 0 bridgehead atoms. The number of nitrogens with one attached hydrogen (secondary N) is 2. The number of carboxylic acids is 1. The fourth-order valence-electron chi connectivity index (χ4n) is 2.02. The zero-order valence-corrected chi connectivity index (χ0v) is 13.8. The van der Waals surface area contributed by atoms with Gasteiger partial charge in [-0.05, 0) is 17.7 Å². The number of rotatable bonds is 5. The van der Waals surface area contributed by atoms with Crippen molar-refractivity contribution in [2.75, 3.05) is 5.32 Å². The third-order valence-corrected chi connectivity index (χ3v) is 3.59. The lowest BCUT2D eigenvalue weighted by Gasteiger charge is -2.16. The minimum Gasteiger partial charge on any atom is -0.480 e. The van der Waals surface area contributed by atoms with Gasteiger partial charge in [0.2, 0.25) is 0 Å². The minimum absolute atomic E-state index is 0.0366. The van der Waals surface area contributed by atoms with Crippen LogP contribution in [0, 0.1) is 11.6 Å². The smallest absolute Gasteiger partial charge is 0.326 e. The van der Waals surface area contributed by atoms with Crippen molar-refractivity contribution in [2.24, 2.45) is 0 Å². The Kier molecular flexibility index (Phi) is 5.86.